The molecule has 0 radical (unpaired) electrons. The van der Waals surface area contributed by atoms with Crippen LogP contribution in [0.25, 0.3) is 0 Å². The summed E-state index contributed by atoms with van der Waals surface area (Å²) in [5, 5.41) is 9.31. The number of aliphatic carboxylic acids is 1. The van der Waals surface area contributed by atoms with Gasteiger partial charge in [-0.3, -0.25) is 9.78 Å². The van der Waals surface area contributed by atoms with Gasteiger partial charge in [0.05, 0.1) is 19.0 Å². The van der Waals surface area contributed by atoms with Gasteiger partial charge in [0.1, 0.15) is 17.5 Å². The summed E-state index contributed by atoms with van der Waals surface area (Å²) in [5.74, 6) is -1.79. The van der Waals surface area contributed by atoms with Crippen LogP contribution in [0.3, 0.4) is 0 Å². The zero-order valence-electron chi connectivity index (χ0n) is 10.9. The smallest absolute Gasteiger partial charge is 0.312 e. The second kappa shape index (κ2) is 6.14. The molecule has 4 nitrogen and oxygen atoms in total. The summed E-state index contributed by atoms with van der Waals surface area (Å²) in [4.78, 5) is 15.4. The van der Waals surface area contributed by atoms with Gasteiger partial charge in [-0.1, -0.05) is 18.2 Å². The molecule has 2 aromatic rings. The lowest BCUT2D eigenvalue weighted by Crippen LogP contribution is -2.16. The first kappa shape index (κ1) is 14.0. The number of ether oxygens (including phenoxy) is 1. The van der Waals surface area contributed by atoms with Gasteiger partial charge in [0, 0.05) is 0 Å². The van der Waals surface area contributed by atoms with Crippen LogP contribution in [0.2, 0.25) is 0 Å². The maximum absolute atomic E-state index is 13.6. The molecule has 5 heteroatoms. The van der Waals surface area contributed by atoms with Crippen LogP contribution in [0, 0.1) is 5.82 Å². The van der Waals surface area contributed by atoms with Gasteiger partial charge in [0.25, 0.3) is 0 Å². The Bertz CT molecular complexity index is 598. The number of carbonyl (C=O) groups is 1. The van der Waals surface area contributed by atoms with E-state index in [0.29, 0.717) is 17.0 Å². The van der Waals surface area contributed by atoms with Crippen LogP contribution in [0.15, 0.2) is 42.6 Å². The molecule has 0 fully saturated rings. The van der Waals surface area contributed by atoms with E-state index in [4.69, 9.17) is 4.74 Å². The highest BCUT2D eigenvalue weighted by molar-refractivity contribution is 5.75. The topological polar surface area (TPSA) is 59.4 Å². The maximum atomic E-state index is 13.6. The average Bonchev–Trinajstić information content (AvgIpc) is 2.46. The summed E-state index contributed by atoms with van der Waals surface area (Å²) < 4.78 is 18.6. The van der Waals surface area contributed by atoms with Crippen molar-refractivity contribution in [3.8, 4) is 5.75 Å². The van der Waals surface area contributed by atoms with Gasteiger partial charge in [-0.15, -0.1) is 0 Å². The summed E-state index contributed by atoms with van der Waals surface area (Å²) in [6, 6.07) is 9.36. The Labute approximate surface area is 115 Å². The molecule has 1 aromatic carbocycles. The molecular weight excluding hydrogens is 261 g/mol. The number of halogens is 1. The largest absolute Gasteiger partial charge is 0.495 e. The second-order valence-corrected chi connectivity index (χ2v) is 4.31. The first-order valence-electron chi connectivity index (χ1n) is 6.08. The first-order valence-corrected chi connectivity index (χ1v) is 6.08. The van der Waals surface area contributed by atoms with Gasteiger partial charge in [0.15, 0.2) is 0 Å². The normalized spacial score (nSPS) is 11.9. The SMILES string of the molecule is COc1ccc(C(Cc2ccccc2F)C(=O)O)nc1. The van der Waals surface area contributed by atoms with Crippen LogP contribution in [0.5, 0.6) is 5.75 Å². The molecule has 0 aliphatic carbocycles. The lowest BCUT2D eigenvalue weighted by Gasteiger charge is -2.13. The van der Waals surface area contributed by atoms with Gasteiger partial charge in [-0.2, -0.15) is 0 Å². The van der Waals surface area contributed by atoms with Crippen molar-refractivity contribution >= 4 is 5.97 Å². The molecule has 0 spiro atoms. The number of carboxylic acids is 1. The number of carboxylic acid groups (broad SMARTS) is 1. The highest BCUT2D eigenvalue weighted by Gasteiger charge is 2.23. The third-order valence-electron chi connectivity index (χ3n) is 3.03. The maximum Gasteiger partial charge on any atom is 0.312 e. The van der Waals surface area contributed by atoms with E-state index in [2.05, 4.69) is 4.98 Å². The number of rotatable bonds is 5. The molecule has 0 bridgehead atoms. The van der Waals surface area contributed by atoms with E-state index >= 15 is 0 Å². The van der Waals surface area contributed by atoms with Crippen molar-refractivity contribution in [1.82, 2.24) is 4.98 Å². The van der Waals surface area contributed by atoms with Gasteiger partial charge >= 0.3 is 5.97 Å². The zero-order valence-corrected chi connectivity index (χ0v) is 10.9. The van der Waals surface area contributed by atoms with Crippen LogP contribution in [0.4, 0.5) is 4.39 Å². The van der Waals surface area contributed by atoms with Crippen LogP contribution >= 0.6 is 0 Å². The summed E-state index contributed by atoms with van der Waals surface area (Å²) in [6.45, 7) is 0. The van der Waals surface area contributed by atoms with Crippen molar-refractivity contribution < 1.29 is 19.0 Å². The monoisotopic (exact) mass is 275 g/mol. The highest BCUT2D eigenvalue weighted by Crippen LogP contribution is 2.22. The average molecular weight is 275 g/mol. The first-order chi connectivity index (χ1) is 9.61. The number of methoxy groups -OCH3 is 1. The third kappa shape index (κ3) is 3.12. The van der Waals surface area contributed by atoms with E-state index in [9.17, 15) is 14.3 Å². The Kier molecular flexibility index (Phi) is 4.30. The Hall–Kier alpha value is -2.43. The molecule has 0 aliphatic heterocycles. The van der Waals surface area contributed by atoms with E-state index in [0.717, 1.165) is 0 Å². The van der Waals surface area contributed by atoms with E-state index in [1.807, 2.05) is 0 Å². The van der Waals surface area contributed by atoms with Gasteiger partial charge in [-0.25, -0.2) is 4.39 Å². The van der Waals surface area contributed by atoms with Crippen molar-refractivity contribution in [2.45, 2.75) is 12.3 Å². The molecule has 1 atom stereocenters. The Balaban J connectivity index is 2.27. The standard InChI is InChI=1S/C15H14FNO3/c1-20-11-6-7-14(17-9-11)12(15(18)19)8-10-4-2-3-5-13(10)16/h2-7,9,12H,8H2,1H3,(H,18,19). The molecule has 20 heavy (non-hydrogen) atoms. The Morgan fingerprint density at radius 3 is 2.65 bits per heavy atom. The molecule has 0 aliphatic rings. The number of hydrogen-bond donors (Lipinski definition) is 1. The van der Waals surface area contributed by atoms with E-state index in [1.165, 1.54) is 19.4 Å². The van der Waals surface area contributed by atoms with Crippen molar-refractivity contribution in [3.63, 3.8) is 0 Å². The molecule has 1 N–H and O–H groups in total. The van der Waals surface area contributed by atoms with Crippen molar-refractivity contribution in [2.24, 2.45) is 0 Å². The fraction of sp³-hybridized carbons (Fsp3) is 0.200. The molecule has 0 saturated carbocycles. The van der Waals surface area contributed by atoms with Gasteiger partial charge in [0.2, 0.25) is 0 Å². The molecule has 0 saturated heterocycles. The minimum atomic E-state index is -1.04. The van der Waals surface area contributed by atoms with Crippen molar-refractivity contribution in [3.05, 3.63) is 59.7 Å². The summed E-state index contributed by atoms with van der Waals surface area (Å²) >= 11 is 0. The minimum Gasteiger partial charge on any atom is -0.495 e. The Morgan fingerprint density at radius 2 is 2.10 bits per heavy atom. The van der Waals surface area contributed by atoms with Gasteiger partial charge in [-0.05, 0) is 30.2 Å². The van der Waals surface area contributed by atoms with Crippen LogP contribution in [-0.4, -0.2) is 23.2 Å². The zero-order chi connectivity index (χ0) is 14.5. The summed E-state index contributed by atoms with van der Waals surface area (Å²) in [6.07, 6.45) is 1.51. The molecule has 0 amide bonds. The van der Waals surface area contributed by atoms with Crippen LogP contribution < -0.4 is 4.74 Å². The van der Waals surface area contributed by atoms with E-state index in [1.54, 1.807) is 30.3 Å². The van der Waals surface area contributed by atoms with Crippen molar-refractivity contribution in [1.29, 1.82) is 0 Å². The minimum absolute atomic E-state index is 0.0569. The molecule has 104 valence electrons. The van der Waals surface area contributed by atoms with Gasteiger partial charge < -0.3 is 9.84 Å². The molecular formula is C15H14FNO3. The quantitative estimate of drug-likeness (QED) is 0.911. The van der Waals surface area contributed by atoms with Crippen LogP contribution in [0.1, 0.15) is 17.2 Å². The second-order valence-electron chi connectivity index (χ2n) is 4.31. The van der Waals surface area contributed by atoms with E-state index < -0.39 is 17.7 Å². The fourth-order valence-corrected chi connectivity index (χ4v) is 1.92. The lowest BCUT2D eigenvalue weighted by molar-refractivity contribution is -0.138. The number of aromatic nitrogens is 1. The van der Waals surface area contributed by atoms with Crippen molar-refractivity contribution in [2.75, 3.05) is 7.11 Å². The predicted molar refractivity (Wildman–Crippen MR) is 71.3 cm³/mol. The number of hydrogen-bond acceptors (Lipinski definition) is 3. The Morgan fingerprint density at radius 1 is 1.35 bits per heavy atom. The molecule has 1 heterocycles. The lowest BCUT2D eigenvalue weighted by atomic mass is 9.95. The molecule has 1 aromatic heterocycles. The number of benzene rings is 1. The molecule has 2 rings (SSSR count). The molecule has 1 unspecified atom stereocenters. The number of nitrogens with zero attached hydrogens (tertiary/aromatic N) is 1. The predicted octanol–water partition coefficient (Wildman–Crippen LogP) is 2.64. The fourth-order valence-electron chi connectivity index (χ4n) is 1.92. The summed E-state index contributed by atoms with van der Waals surface area (Å²) in [5.41, 5.74) is 0.735. The van der Waals surface area contributed by atoms with Crippen LogP contribution in [-0.2, 0) is 11.2 Å². The third-order valence-corrected chi connectivity index (χ3v) is 3.03. The highest BCUT2D eigenvalue weighted by atomic mass is 19.1. The summed E-state index contributed by atoms with van der Waals surface area (Å²) in [7, 11) is 1.50. The van der Waals surface area contributed by atoms with E-state index in [-0.39, 0.29) is 6.42 Å². The number of pyridine rings is 1.